The minimum atomic E-state index is -4.61. The molecule has 1 N–H and O–H groups in total. The van der Waals surface area contributed by atoms with Crippen LogP contribution in [0.3, 0.4) is 0 Å². The van der Waals surface area contributed by atoms with Gasteiger partial charge in [-0.3, -0.25) is 9.59 Å². The Hall–Kier alpha value is -3.81. The summed E-state index contributed by atoms with van der Waals surface area (Å²) in [4.78, 5) is 26.9. The van der Waals surface area contributed by atoms with Crippen LogP contribution in [0.1, 0.15) is 28.4 Å². The number of para-hydroxylation sites is 2. The highest BCUT2D eigenvalue weighted by Gasteiger charge is 2.33. The molecule has 0 spiro atoms. The highest BCUT2D eigenvalue weighted by Crippen LogP contribution is 2.34. The Morgan fingerprint density at radius 3 is 2.24 bits per heavy atom. The molecule has 0 aliphatic carbocycles. The third-order valence-corrected chi connectivity index (χ3v) is 4.90. The Bertz CT molecular complexity index is 1100. The Balaban J connectivity index is 1.71. The van der Waals surface area contributed by atoms with Gasteiger partial charge in [-0.1, -0.05) is 48.5 Å². The molecule has 0 atom stereocenters. The summed E-state index contributed by atoms with van der Waals surface area (Å²) in [5.41, 5.74) is -0.308. The number of benzene rings is 3. The molecule has 3 aromatic carbocycles. The SMILES string of the molecule is CCN(CC(=O)Nc1ccccc1C(F)(F)F)C(=O)c1ccccc1COc1ccccc1. The van der Waals surface area contributed by atoms with E-state index in [2.05, 4.69) is 5.32 Å². The van der Waals surface area contributed by atoms with Crippen molar-refractivity contribution in [3.63, 3.8) is 0 Å². The number of alkyl halides is 3. The van der Waals surface area contributed by atoms with Crippen LogP contribution in [0.25, 0.3) is 0 Å². The van der Waals surface area contributed by atoms with Gasteiger partial charge in [0.25, 0.3) is 5.91 Å². The van der Waals surface area contributed by atoms with Crippen molar-refractivity contribution >= 4 is 17.5 Å². The molecule has 3 aromatic rings. The molecule has 0 saturated carbocycles. The second-order valence-electron chi connectivity index (χ2n) is 7.17. The van der Waals surface area contributed by atoms with E-state index in [9.17, 15) is 22.8 Å². The van der Waals surface area contributed by atoms with Gasteiger partial charge in [0.15, 0.2) is 0 Å². The molecule has 0 bridgehead atoms. The van der Waals surface area contributed by atoms with Gasteiger partial charge in [0.2, 0.25) is 5.91 Å². The Labute approximate surface area is 189 Å². The van der Waals surface area contributed by atoms with Gasteiger partial charge in [0.1, 0.15) is 18.9 Å². The van der Waals surface area contributed by atoms with E-state index in [1.807, 2.05) is 18.2 Å². The fourth-order valence-electron chi connectivity index (χ4n) is 3.23. The summed E-state index contributed by atoms with van der Waals surface area (Å²) < 4.78 is 45.3. The first-order valence-electron chi connectivity index (χ1n) is 10.3. The van der Waals surface area contributed by atoms with E-state index in [-0.39, 0.29) is 18.8 Å². The lowest BCUT2D eigenvalue weighted by atomic mass is 10.1. The number of nitrogens with zero attached hydrogens (tertiary/aromatic N) is 1. The lowest BCUT2D eigenvalue weighted by Crippen LogP contribution is -2.38. The maximum atomic E-state index is 13.2. The van der Waals surface area contributed by atoms with Crippen molar-refractivity contribution in [1.82, 2.24) is 4.90 Å². The highest BCUT2D eigenvalue weighted by atomic mass is 19.4. The monoisotopic (exact) mass is 456 g/mol. The molecule has 0 unspecified atom stereocenters. The first-order chi connectivity index (χ1) is 15.8. The maximum absolute atomic E-state index is 13.2. The lowest BCUT2D eigenvalue weighted by Gasteiger charge is -2.22. The minimum absolute atomic E-state index is 0.147. The number of carbonyl (C=O) groups excluding carboxylic acids is 2. The van der Waals surface area contributed by atoms with Crippen LogP contribution in [0.4, 0.5) is 18.9 Å². The summed E-state index contributed by atoms with van der Waals surface area (Å²) in [5, 5.41) is 2.27. The van der Waals surface area contributed by atoms with Gasteiger partial charge >= 0.3 is 6.18 Å². The van der Waals surface area contributed by atoms with Gasteiger partial charge in [-0.25, -0.2) is 0 Å². The fourth-order valence-corrected chi connectivity index (χ4v) is 3.23. The van der Waals surface area contributed by atoms with Crippen LogP contribution in [-0.4, -0.2) is 29.8 Å². The summed E-state index contributed by atoms with van der Waals surface area (Å²) >= 11 is 0. The van der Waals surface area contributed by atoms with Crippen LogP contribution in [0.5, 0.6) is 5.75 Å². The zero-order chi connectivity index (χ0) is 23.8. The maximum Gasteiger partial charge on any atom is 0.418 e. The molecule has 2 amide bonds. The van der Waals surface area contributed by atoms with Gasteiger partial charge in [-0.2, -0.15) is 13.2 Å². The minimum Gasteiger partial charge on any atom is -0.489 e. The number of hydrogen-bond donors (Lipinski definition) is 1. The summed E-state index contributed by atoms with van der Waals surface area (Å²) in [7, 11) is 0. The number of nitrogens with one attached hydrogen (secondary N) is 1. The van der Waals surface area contributed by atoms with Gasteiger partial charge in [-0.15, -0.1) is 0 Å². The standard InChI is InChI=1S/C25H23F3N2O3/c1-2-30(16-23(31)29-22-15-9-8-14-21(22)25(26,27)28)24(32)20-13-7-6-10-18(20)17-33-19-11-4-3-5-12-19/h3-15H,2,16-17H2,1H3,(H,29,31). The molecule has 0 fully saturated rings. The molecular weight excluding hydrogens is 433 g/mol. The van der Waals surface area contributed by atoms with E-state index in [0.717, 1.165) is 6.07 Å². The van der Waals surface area contributed by atoms with Gasteiger partial charge in [-0.05, 0) is 37.3 Å². The smallest absolute Gasteiger partial charge is 0.418 e. The molecule has 0 aliphatic rings. The summed E-state index contributed by atoms with van der Waals surface area (Å²) in [6.07, 6.45) is -4.61. The molecular formula is C25H23F3N2O3. The number of halogens is 3. The second-order valence-corrected chi connectivity index (χ2v) is 7.17. The van der Waals surface area contributed by atoms with E-state index in [4.69, 9.17) is 4.74 Å². The topological polar surface area (TPSA) is 58.6 Å². The van der Waals surface area contributed by atoms with Crippen molar-refractivity contribution in [3.05, 3.63) is 95.6 Å². The molecule has 0 aromatic heterocycles. The number of carbonyl (C=O) groups is 2. The highest BCUT2D eigenvalue weighted by molar-refractivity contribution is 6.00. The predicted octanol–water partition coefficient (Wildman–Crippen LogP) is 5.39. The molecule has 3 rings (SSSR count). The molecule has 8 heteroatoms. The number of anilines is 1. The van der Waals surface area contributed by atoms with Crippen molar-refractivity contribution in [2.45, 2.75) is 19.7 Å². The quantitative estimate of drug-likeness (QED) is 0.495. The molecule has 5 nitrogen and oxygen atoms in total. The van der Waals surface area contributed by atoms with Gasteiger partial charge in [0.05, 0.1) is 11.3 Å². The summed E-state index contributed by atoms with van der Waals surface area (Å²) in [5.74, 6) is -0.487. The van der Waals surface area contributed by atoms with Crippen molar-refractivity contribution in [2.24, 2.45) is 0 Å². The van der Waals surface area contributed by atoms with Crippen molar-refractivity contribution < 1.29 is 27.5 Å². The number of amides is 2. The first kappa shape index (κ1) is 23.8. The van der Waals surface area contributed by atoms with Crippen molar-refractivity contribution in [3.8, 4) is 5.75 Å². The van der Waals surface area contributed by atoms with Gasteiger partial charge in [0, 0.05) is 17.7 Å². The normalized spacial score (nSPS) is 11.0. The molecule has 33 heavy (non-hydrogen) atoms. The van der Waals surface area contributed by atoms with Crippen LogP contribution in [0, 0.1) is 0 Å². The van der Waals surface area contributed by atoms with E-state index in [1.54, 1.807) is 43.3 Å². The van der Waals surface area contributed by atoms with E-state index in [0.29, 0.717) is 16.9 Å². The second kappa shape index (κ2) is 10.7. The number of rotatable bonds is 8. The summed E-state index contributed by atoms with van der Waals surface area (Å²) in [6.45, 7) is 1.64. The lowest BCUT2D eigenvalue weighted by molar-refractivity contribution is -0.137. The Morgan fingerprint density at radius 1 is 0.909 bits per heavy atom. The average molecular weight is 456 g/mol. The van der Waals surface area contributed by atoms with Crippen molar-refractivity contribution in [1.29, 1.82) is 0 Å². The number of likely N-dealkylation sites (N-methyl/N-ethyl adjacent to an activating group) is 1. The fraction of sp³-hybridized carbons (Fsp3) is 0.200. The third kappa shape index (κ3) is 6.35. The summed E-state index contributed by atoms with van der Waals surface area (Å²) in [6, 6.07) is 20.7. The third-order valence-electron chi connectivity index (χ3n) is 4.90. The van der Waals surface area contributed by atoms with Crippen LogP contribution >= 0.6 is 0 Å². The molecule has 172 valence electrons. The Kier molecular flexibility index (Phi) is 7.71. The average Bonchev–Trinajstić information content (AvgIpc) is 2.81. The predicted molar refractivity (Wildman–Crippen MR) is 119 cm³/mol. The Morgan fingerprint density at radius 2 is 1.55 bits per heavy atom. The molecule has 0 radical (unpaired) electrons. The molecule has 0 saturated heterocycles. The van der Waals surface area contributed by atoms with Crippen molar-refractivity contribution in [2.75, 3.05) is 18.4 Å². The van der Waals surface area contributed by atoms with Crippen LogP contribution in [-0.2, 0) is 17.6 Å². The van der Waals surface area contributed by atoms with Gasteiger partial charge < -0.3 is 15.0 Å². The number of hydrogen-bond acceptors (Lipinski definition) is 3. The largest absolute Gasteiger partial charge is 0.489 e. The van der Waals surface area contributed by atoms with E-state index >= 15 is 0 Å². The van der Waals surface area contributed by atoms with Crippen LogP contribution < -0.4 is 10.1 Å². The van der Waals surface area contributed by atoms with E-state index < -0.39 is 30.1 Å². The van der Waals surface area contributed by atoms with E-state index in [1.165, 1.54) is 23.1 Å². The zero-order valence-electron chi connectivity index (χ0n) is 17.9. The molecule has 0 aliphatic heterocycles. The van der Waals surface area contributed by atoms with Crippen LogP contribution in [0.15, 0.2) is 78.9 Å². The number of ether oxygens (including phenoxy) is 1. The zero-order valence-corrected chi connectivity index (χ0v) is 17.9. The van der Waals surface area contributed by atoms with Crippen LogP contribution in [0.2, 0.25) is 0 Å². The molecule has 0 heterocycles. The first-order valence-corrected chi connectivity index (χ1v) is 10.3.